The van der Waals surface area contributed by atoms with Crippen molar-refractivity contribution in [3.8, 4) is 0 Å². The molecule has 0 spiro atoms. The van der Waals surface area contributed by atoms with Crippen molar-refractivity contribution in [3.63, 3.8) is 0 Å². The number of allylic oxidation sites excluding steroid dienone is 4. The maximum atomic E-state index is 12.4. The SMILES string of the molecule is CC1=C(C)C(=O)C(CCCC2=Nc3ccccc3C2)=C(C)C1=O. The third kappa shape index (κ3) is 2.83. The number of fused-ring (bicyclic) bond motifs is 1. The highest BCUT2D eigenvalue weighted by atomic mass is 16.1. The van der Waals surface area contributed by atoms with Gasteiger partial charge < -0.3 is 0 Å². The zero-order chi connectivity index (χ0) is 16.6. The second kappa shape index (κ2) is 6.07. The van der Waals surface area contributed by atoms with Crippen LogP contribution in [0, 0.1) is 0 Å². The van der Waals surface area contributed by atoms with Crippen LogP contribution in [-0.2, 0) is 16.0 Å². The summed E-state index contributed by atoms with van der Waals surface area (Å²) in [5.74, 6) is 0.0546. The van der Waals surface area contributed by atoms with Crippen LogP contribution in [-0.4, -0.2) is 17.3 Å². The zero-order valence-corrected chi connectivity index (χ0v) is 13.9. The molecule has 1 heterocycles. The number of rotatable bonds is 4. The topological polar surface area (TPSA) is 46.5 Å². The van der Waals surface area contributed by atoms with E-state index in [9.17, 15) is 9.59 Å². The Kier molecular flexibility index (Phi) is 4.12. The van der Waals surface area contributed by atoms with E-state index in [1.54, 1.807) is 20.8 Å². The molecule has 0 amide bonds. The number of carbonyl (C=O) groups is 2. The lowest BCUT2D eigenvalue weighted by molar-refractivity contribution is -0.116. The van der Waals surface area contributed by atoms with E-state index in [2.05, 4.69) is 11.1 Å². The van der Waals surface area contributed by atoms with E-state index >= 15 is 0 Å². The quantitative estimate of drug-likeness (QED) is 0.779. The molecule has 0 atom stereocenters. The normalized spacial score (nSPS) is 17.8. The molecule has 118 valence electrons. The van der Waals surface area contributed by atoms with Crippen LogP contribution < -0.4 is 0 Å². The van der Waals surface area contributed by atoms with Gasteiger partial charge in [-0.1, -0.05) is 18.2 Å². The van der Waals surface area contributed by atoms with E-state index in [4.69, 9.17) is 0 Å². The Morgan fingerprint density at radius 1 is 0.913 bits per heavy atom. The summed E-state index contributed by atoms with van der Waals surface area (Å²) in [6, 6.07) is 8.19. The van der Waals surface area contributed by atoms with Crippen molar-refractivity contribution < 1.29 is 9.59 Å². The lowest BCUT2D eigenvalue weighted by atomic mass is 9.84. The fourth-order valence-corrected chi connectivity index (χ4v) is 3.27. The number of ketones is 2. The highest BCUT2D eigenvalue weighted by Crippen LogP contribution is 2.30. The Balaban J connectivity index is 1.64. The van der Waals surface area contributed by atoms with Gasteiger partial charge in [-0.2, -0.15) is 0 Å². The number of hydrogen-bond donors (Lipinski definition) is 0. The van der Waals surface area contributed by atoms with Crippen molar-refractivity contribution >= 4 is 23.0 Å². The van der Waals surface area contributed by atoms with Crippen LogP contribution in [0.3, 0.4) is 0 Å². The fourth-order valence-electron chi connectivity index (χ4n) is 3.27. The third-order valence-electron chi connectivity index (χ3n) is 4.87. The summed E-state index contributed by atoms with van der Waals surface area (Å²) in [6.07, 6.45) is 3.27. The second-order valence-corrected chi connectivity index (χ2v) is 6.35. The maximum Gasteiger partial charge on any atom is 0.185 e. The van der Waals surface area contributed by atoms with Gasteiger partial charge in [0.25, 0.3) is 0 Å². The minimum absolute atomic E-state index is 0.0164. The predicted molar refractivity (Wildman–Crippen MR) is 92.2 cm³/mol. The average molecular weight is 307 g/mol. The van der Waals surface area contributed by atoms with Crippen molar-refractivity contribution in [1.82, 2.24) is 0 Å². The highest BCUT2D eigenvalue weighted by molar-refractivity contribution is 6.24. The summed E-state index contributed by atoms with van der Waals surface area (Å²) in [5.41, 5.74) is 6.01. The number of benzene rings is 1. The standard InChI is InChI=1S/C20H21NO2/c1-12-13(2)20(23)17(14(3)19(12)22)9-6-8-16-11-15-7-4-5-10-18(15)21-16/h4-5,7,10H,6,8-9,11H2,1-3H3. The molecule has 0 bridgehead atoms. The van der Waals surface area contributed by atoms with Crippen molar-refractivity contribution in [1.29, 1.82) is 0 Å². The molecule has 1 aromatic carbocycles. The van der Waals surface area contributed by atoms with Crippen LogP contribution in [0.15, 0.2) is 51.6 Å². The highest BCUT2D eigenvalue weighted by Gasteiger charge is 2.27. The largest absolute Gasteiger partial charge is 0.289 e. The fraction of sp³-hybridized carbons (Fsp3) is 0.350. The van der Waals surface area contributed by atoms with Crippen molar-refractivity contribution in [2.24, 2.45) is 4.99 Å². The first-order valence-corrected chi connectivity index (χ1v) is 8.10. The summed E-state index contributed by atoms with van der Waals surface area (Å²) < 4.78 is 0. The number of nitrogens with zero attached hydrogens (tertiary/aromatic N) is 1. The summed E-state index contributed by atoms with van der Waals surface area (Å²) >= 11 is 0. The minimum Gasteiger partial charge on any atom is -0.289 e. The van der Waals surface area contributed by atoms with Crippen LogP contribution >= 0.6 is 0 Å². The molecule has 0 saturated carbocycles. The van der Waals surface area contributed by atoms with E-state index in [1.165, 1.54) is 11.3 Å². The first kappa shape index (κ1) is 15.6. The molecule has 0 aromatic heterocycles. The van der Waals surface area contributed by atoms with Gasteiger partial charge in [-0.15, -0.1) is 0 Å². The Bertz CT molecular complexity index is 794. The van der Waals surface area contributed by atoms with E-state index < -0.39 is 0 Å². The molecule has 0 N–H and O–H groups in total. The van der Waals surface area contributed by atoms with Crippen LogP contribution in [0.5, 0.6) is 0 Å². The second-order valence-electron chi connectivity index (χ2n) is 6.35. The van der Waals surface area contributed by atoms with Gasteiger partial charge in [0.1, 0.15) is 0 Å². The van der Waals surface area contributed by atoms with Gasteiger partial charge in [0, 0.05) is 34.4 Å². The molecule has 3 nitrogen and oxygen atoms in total. The smallest absolute Gasteiger partial charge is 0.185 e. The first-order valence-electron chi connectivity index (χ1n) is 8.10. The van der Waals surface area contributed by atoms with Crippen LogP contribution in [0.2, 0.25) is 0 Å². The van der Waals surface area contributed by atoms with Gasteiger partial charge in [0.05, 0.1) is 5.69 Å². The molecular formula is C20H21NO2. The van der Waals surface area contributed by atoms with Crippen LogP contribution in [0.1, 0.15) is 45.6 Å². The van der Waals surface area contributed by atoms with E-state index in [1.807, 2.05) is 18.2 Å². The maximum absolute atomic E-state index is 12.4. The van der Waals surface area contributed by atoms with E-state index in [-0.39, 0.29) is 11.6 Å². The lowest BCUT2D eigenvalue weighted by Crippen LogP contribution is -2.20. The average Bonchev–Trinajstić information content (AvgIpc) is 2.97. The monoisotopic (exact) mass is 307 g/mol. The molecule has 0 unspecified atom stereocenters. The summed E-state index contributed by atoms with van der Waals surface area (Å²) in [7, 11) is 0. The Labute approximate surface area is 136 Å². The van der Waals surface area contributed by atoms with Gasteiger partial charge in [0.2, 0.25) is 0 Å². The molecule has 1 aliphatic carbocycles. The summed E-state index contributed by atoms with van der Waals surface area (Å²) in [4.78, 5) is 29.2. The molecule has 23 heavy (non-hydrogen) atoms. The molecule has 1 aliphatic heterocycles. The van der Waals surface area contributed by atoms with Crippen molar-refractivity contribution in [3.05, 3.63) is 52.1 Å². The number of aliphatic imine (C=N–C) groups is 1. The molecule has 0 fully saturated rings. The summed E-state index contributed by atoms with van der Waals surface area (Å²) in [6.45, 7) is 5.26. The first-order chi connectivity index (χ1) is 11.0. The number of para-hydroxylation sites is 1. The van der Waals surface area contributed by atoms with Gasteiger partial charge >= 0.3 is 0 Å². The molecule has 2 aliphatic rings. The molecule has 3 heteroatoms. The van der Waals surface area contributed by atoms with Gasteiger partial charge in [-0.05, 0) is 51.7 Å². The van der Waals surface area contributed by atoms with Crippen molar-refractivity contribution in [2.45, 2.75) is 46.5 Å². The molecule has 3 rings (SSSR count). The Morgan fingerprint density at radius 3 is 2.35 bits per heavy atom. The van der Waals surface area contributed by atoms with Crippen LogP contribution in [0.4, 0.5) is 5.69 Å². The molecule has 1 aromatic rings. The Morgan fingerprint density at radius 2 is 1.61 bits per heavy atom. The van der Waals surface area contributed by atoms with Crippen LogP contribution in [0.25, 0.3) is 0 Å². The molecular weight excluding hydrogens is 286 g/mol. The number of hydrogen-bond acceptors (Lipinski definition) is 3. The van der Waals surface area contributed by atoms with Crippen molar-refractivity contribution in [2.75, 3.05) is 0 Å². The van der Waals surface area contributed by atoms with Gasteiger partial charge in [0.15, 0.2) is 11.6 Å². The summed E-state index contributed by atoms with van der Waals surface area (Å²) in [5, 5.41) is 0. The lowest BCUT2D eigenvalue weighted by Gasteiger charge is -2.18. The minimum atomic E-state index is 0.0164. The Hall–Kier alpha value is -2.29. The van der Waals surface area contributed by atoms with Gasteiger partial charge in [-0.3, -0.25) is 14.6 Å². The third-order valence-corrected chi connectivity index (χ3v) is 4.87. The van der Waals surface area contributed by atoms with E-state index in [0.29, 0.717) is 28.7 Å². The molecule has 0 saturated heterocycles. The van der Waals surface area contributed by atoms with E-state index in [0.717, 1.165) is 24.9 Å². The zero-order valence-electron chi connectivity index (χ0n) is 13.9. The molecule has 0 radical (unpaired) electrons. The predicted octanol–water partition coefficient (Wildman–Crippen LogP) is 4.29. The van der Waals surface area contributed by atoms with Gasteiger partial charge in [-0.25, -0.2) is 0 Å². The number of Topliss-reactive ketones (excluding diaryl/α,β-unsaturated/α-hetero) is 2. The number of carbonyl (C=O) groups excluding carboxylic acids is 2.